The molecule has 0 bridgehead atoms. The highest BCUT2D eigenvalue weighted by Crippen LogP contribution is 2.44. The highest BCUT2D eigenvalue weighted by Gasteiger charge is 2.26. The van der Waals surface area contributed by atoms with Crippen molar-refractivity contribution in [2.45, 2.75) is 34.6 Å². The van der Waals surface area contributed by atoms with Gasteiger partial charge in [-0.05, 0) is 61.6 Å². The molecule has 0 aliphatic heterocycles. The molecule has 0 heterocycles. The van der Waals surface area contributed by atoms with E-state index in [4.69, 9.17) is 5.21 Å². The Bertz CT molecular complexity index is 694. The van der Waals surface area contributed by atoms with Gasteiger partial charge in [-0.25, -0.2) is 0 Å². The maximum Gasteiger partial charge on any atom is 0.0743 e. The van der Waals surface area contributed by atoms with Crippen molar-refractivity contribution in [2.24, 2.45) is 11.1 Å². The molecule has 1 aliphatic rings. The predicted octanol–water partition coefficient (Wildman–Crippen LogP) is 4.63. The van der Waals surface area contributed by atoms with Crippen molar-refractivity contribution >= 4 is 17.5 Å². The zero-order valence-electron chi connectivity index (χ0n) is 14.7. The summed E-state index contributed by atoms with van der Waals surface area (Å²) in [5, 5.41) is 12.4. The predicted molar refractivity (Wildman–Crippen MR) is 95.0 cm³/mol. The molecule has 2 rings (SSSR count). The molecule has 1 unspecified atom stereocenters. The van der Waals surface area contributed by atoms with E-state index in [1.54, 1.807) is 6.21 Å². The van der Waals surface area contributed by atoms with E-state index in [0.717, 1.165) is 16.8 Å². The van der Waals surface area contributed by atoms with Gasteiger partial charge >= 0.3 is 0 Å². The first kappa shape index (κ1) is 16.3. The van der Waals surface area contributed by atoms with Crippen LogP contribution in [0.2, 0.25) is 0 Å². The lowest BCUT2D eigenvalue weighted by Gasteiger charge is -2.22. The summed E-state index contributed by atoms with van der Waals surface area (Å²) in [7, 11) is 4.06. The summed E-state index contributed by atoms with van der Waals surface area (Å²) in [6.07, 6.45) is 1.56. The fourth-order valence-electron chi connectivity index (χ4n) is 3.46. The summed E-state index contributed by atoms with van der Waals surface area (Å²) in [5.74, 6) is 0.399. The van der Waals surface area contributed by atoms with Crippen LogP contribution in [0.25, 0.3) is 5.57 Å². The maximum atomic E-state index is 9.11. The molecule has 0 saturated carbocycles. The molecule has 0 aromatic heterocycles. The van der Waals surface area contributed by atoms with Crippen molar-refractivity contribution in [3.63, 3.8) is 0 Å². The standard InChI is InChI=1S/C19H26N2O/c1-11-12(2)14(4)19(13(11)3)16-8-9-18(21(6)7)15(5)17(16)10-20-22/h8-10,13,22H,1-7H3. The smallest absolute Gasteiger partial charge is 0.0743 e. The highest BCUT2D eigenvalue weighted by molar-refractivity contribution is 5.95. The lowest BCUT2D eigenvalue weighted by Crippen LogP contribution is -2.13. The van der Waals surface area contributed by atoms with Crippen LogP contribution in [0.1, 0.15) is 44.4 Å². The summed E-state index contributed by atoms with van der Waals surface area (Å²) < 4.78 is 0. The molecule has 3 nitrogen and oxygen atoms in total. The molecule has 1 atom stereocenters. The molecule has 3 heteroatoms. The van der Waals surface area contributed by atoms with Crippen molar-refractivity contribution in [1.82, 2.24) is 0 Å². The van der Waals surface area contributed by atoms with Crippen LogP contribution in [-0.4, -0.2) is 25.5 Å². The van der Waals surface area contributed by atoms with Gasteiger partial charge in [0.25, 0.3) is 0 Å². The van der Waals surface area contributed by atoms with Crippen LogP contribution in [0.15, 0.2) is 34.0 Å². The van der Waals surface area contributed by atoms with Gasteiger partial charge in [0.2, 0.25) is 0 Å². The SMILES string of the molecule is CC1=C(C)C(C)C(c2ccc(N(C)C)c(C)c2C=NO)=C1C. The molecular formula is C19H26N2O. The second-order valence-corrected chi connectivity index (χ2v) is 6.38. The normalized spacial score (nSPS) is 18.8. The Morgan fingerprint density at radius 2 is 1.73 bits per heavy atom. The number of anilines is 1. The van der Waals surface area contributed by atoms with Gasteiger partial charge in [-0.1, -0.05) is 23.7 Å². The van der Waals surface area contributed by atoms with E-state index >= 15 is 0 Å². The molecule has 0 amide bonds. The van der Waals surface area contributed by atoms with E-state index in [0.29, 0.717) is 5.92 Å². The van der Waals surface area contributed by atoms with Crippen LogP contribution in [0.3, 0.4) is 0 Å². The van der Waals surface area contributed by atoms with Gasteiger partial charge in [-0.15, -0.1) is 0 Å². The van der Waals surface area contributed by atoms with E-state index in [1.165, 1.54) is 27.9 Å². The van der Waals surface area contributed by atoms with Gasteiger partial charge < -0.3 is 10.1 Å². The van der Waals surface area contributed by atoms with Gasteiger partial charge in [0, 0.05) is 31.3 Å². The number of allylic oxidation sites excluding steroid dienone is 4. The minimum Gasteiger partial charge on any atom is -0.411 e. The summed E-state index contributed by atoms with van der Waals surface area (Å²) in [6, 6.07) is 4.30. The molecule has 118 valence electrons. The molecule has 1 N–H and O–H groups in total. The van der Waals surface area contributed by atoms with Crippen molar-refractivity contribution < 1.29 is 5.21 Å². The van der Waals surface area contributed by atoms with Crippen molar-refractivity contribution in [1.29, 1.82) is 0 Å². The Balaban J connectivity index is 2.71. The Morgan fingerprint density at radius 1 is 1.09 bits per heavy atom. The fraction of sp³-hybridized carbons (Fsp3) is 0.421. The number of hydrogen-bond donors (Lipinski definition) is 1. The van der Waals surface area contributed by atoms with Crippen LogP contribution < -0.4 is 4.90 Å². The summed E-state index contributed by atoms with van der Waals surface area (Å²) in [6.45, 7) is 10.9. The molecule has 0 saturated heterocycles. The van der Waals surface area contributed by atoms with Crippen LogP contribution in [0.4, 0.5) is 5.69 Å². The zero-order valence-corrected chi connectivity index (χ0v) is 14.7. The van der Waals surface area contributed by atoms with E-state index in [9.17, 15) is 0 Å². The Labute approximate surface area is 133 Å². The number of benzene rings is 1. The molecule has 1 aromatic rings. The molecular weight excluding hydrogens is 272 g/mol. The monoisotopic (exact) mass is 298 g/mol. The highest BCUT2D eigenvalue weighted by atomic mass is 16.4. The Kier molecular flexibility index (Phi) is 4.45. The molecule has 0 spiro atoms. The number of rotatable bonds is 3. The molecule has 22 heavy (non-hydrogen) atoms. The van der Waals surface area contributed by atoms with Crippen molar-refractivity contribution in [3.8, 4) is 0 Å². The summed E-state index contributed by atoms with van der Waals surface area (Å²) in [5.41, 5.74) is 9.93. The van der Waals surface area contributed by atoms with Crippen LogP contribution >= 0.6 is 0 Å². The molecule has 1 aromatic carbocycles. The number of oxime groups is 1. The Hall–Kier alpha value is -2.03. The van der Waals surface area contributed by atoms with Crippen LogP contribution in [0, 0.1) is 12.8 Å². The second kappa shape index (κ2) is 5.99. The first-order valence-electron chi connectivity index (χ1n) is 7.68. The van der Waals surface area contributed by atoms with Gasteiger partial charge in [0.1, 0.15) is 0 Å². The molecule has 0 fully saturated rings. The minimum absolute atomic E-state index is 0.399. The van der Waals surface area contributed by atoms with E-state index < -0.39 is 0 Å². The number of hydrogen-bond acceptors (Lipinski definition) is 3. The Morgan fingerprint density at radius 3 is 2.18 bits per heavy atom. The average molecular weight is 298 g/mol. The zero-order chi connectivity index (χ0) is 16.6. The maximum absolute atomic E-state index is 9.11. The van der Waals surface area contributed by atoms with Crippen molar-refractivity contribution in [3.05, 3.63) is 45.5 Å². The third-order valence-electron chi connectivity index (χ3n) is 5.09. The number of nitrogens with zero attached hydrogens (tertiary/aromatic N) is 2. The van der Waals surface area contributed by atoms with Gasteiger partial charge in [0.15, 0.2) is 0 Å². The van der Waals surface area contributed by atoms with Crippen LogP contribution in [-0.2, 0) is 0 Å². The van der Waals surface area contributed by atoms with E-state index in [2.05, 4.69) is 56.8 Å². The van der Waals surface area contributed by atoms with Crippen LogP contribution in [0.5, 0.6) is 0 Å². The first-order chi connectivity index (χ1) is 10.3. The topological polar surface area (TPSA) is 35.8 Å². The largest absolute Gasteiger partial charge is 0.411 e. The van der Waals surface area contributed by atoms with E-state index in [-0.39, 0.29) is 0 Å². The third-order valence-corrected chi connectivity index (χ3v) is 5.09. The quantitative estimate of drug-likeness (QED) is 0.502. The van der Waals surface area contributed by atoms with Gasteiger partial charge in [-0.3, -0.25) is 0 Å². The van der Waals surface area contributed by atoms with E-state index in [1.807, 2.05) is 14.1 Å². The van der Waals surface area contributed by atoms with Crippen molar-refractivity contribution in [2.75, 3.05) is 19.0 Å². The lowest BCUT2D eigenvalue weighted by atomic mass is 9.87. The molecule has 1 aliphatic carbocycles. The third kappa shape index (κ3) is 2.45. The average Bonchev–Trinajstić information content (AvgIpc) is 2.65. The fourth-order valence-corrected chi connectivity index (χ4v) is 3.46. The lowest BCUT2D eigenvalue weighted by molar-refractivity contribution is 0.322. The molecule has 0 radical (unpaired) electrons. The second-order valence-electron chi connectivity index (χ2n) is 6.38. The summed E-state index contributed by atoms with van der Waals surface area (Å²) in [4.78, 5) is 2.09. The minimum atomic E-state index is 0.399. The van der Waals surface area contributed by atoms with Gasteiger partial charge in [0.05, 0.1) is 6.21 Å². The summed E-state index contributed by atoms with van der Waals surface area (Å²) >= 11 is 0. The van der Waals surface area contributed by atoms with Gasteiger partial charge in [-0.2, -0.15) is 0 Å². The first-order valence-corrected chi connectivity index (χ1v) is 7.68.